The highest BCUT2D eigenvalue weighted by Crippen LogP contribution is 2.31. The average molecular weight is 430 g/mol. The van der Waals surface area contributed by atoms with Gasteiger partial charge in [0.1, 0.15) is 11.3 Å². The number of pyridine rings is 1. The summed E-state index contributed by atoms with van der Waals surface area (Å²) >= 11 is 0. The molecule has 0 fully saturated rings. The van der Waals surface area contributed by atoms with E-state index in [1.54, 1.807) is 14.2 Å². The SMILES string of the molecule is CNC(=O)c1c[n+](Cc2ccccc2C)ccc1CC1CCc2cc(OC)ccc2C1=O. The first-order valence-corrected chi connectivity index (χ1v) is 11.0. The van der Waals surface area contributed by atoms with Gasteiger partial charge in [-0.3, -0.25) is 9.59 Å². The number of rotatable bonds is 6. The van der Waals surface area contributed by atoms with E-state index in [0.29, 0.717) is 18.5 Å². The lowest BCUT2D eigenvalue weighted by atomic mass is 9.79. The number of aryl methyl sites for hydroxylation is 2. The summed E-state index contributed by atoms with van der Waals surface area (Å²) in [7, 11) is 3.27. The van der Waals surface area contributed by atoms with Crippen molar-refractivity contribution in [3.8, 4) is 5.75 Å². The zero-order chi connectivity index (χ0) is 22.7. The Hall–Kier alpha value is -3.47. The fourth-order valence-corrected chi connectivity index (χ4v) is 4.45. The molecule has 1 N–H and O–H groups in total. The van der Waals surface area contributed by atoms with Crippen LogP contribution >= 0.6 is 0 Å². The second-order valence-electron chi connectivity index (χ2n) is 8.39. The Kier molecular flexibility index (Phi) is 6.35. The molecule has 2 aromatic carbocycles. The van der Waals surface area contributed by atoms with E-state index >= 15 is 0 Å². The summed E-state index contributed by atoms with van der Waals surface area (Å²) in [6.07, 6.45) is 6.05. The standard InChI is InChI=1S/C27H28N2O3/c1-18-6-4-5-7-22(18)16-29-13-12-20(25(17-29)27(31)28-2)14-21-9-8-19-15-23(32-3)10-11-24(19)26(21)30/h4-7,10-13,15,17,21H,8-9,14,16H2,1-3H3/p+1. The summed E-state index contributed by atoms with van der Waals surface area (Å²) in [5.41, 5.74) is 5.77. The molecule has 1 aliphatic carbocycles. The summed E-state index contributed by atoms with van der Waals surface area (Å²) in [5.74, 6) is 0.658. The van der Waals surface area contributed by atoms with Crippen LogP contribution in [0.5, 0.6) is 5.75 Å². The number of carbonyl (C=O) groups excluding carboxylic acids is 2. The Labute approximate surface area is 189 Å². The number of aromatic nitrogens is 1. The molecule has 0 saturated carbocycles. The van der Waals surface area contributed by atoms with E-state index in [9.17, 15) is 9.59 Å². The van der Waals surface area contributed by atoms with E-state index in [4.69, 9.17) is 4.74 Å². The van der Waals surface area contributed by atoms with Gasteiger partial charge in [-0.25, -0.2) is 0 Å². The monoisotopic (exact) mass is 429 g/mol. The number of hydrogen-bond donors (Lipinski definition) is 1. The molecule has 0 saturated heterocycles. The van der Waals surface area contributed by atoms with Crippen molar-refractivity contribution in [2.24, 2.45) is 5.92 Å². The summed E-state index contributed by atoms with van der Waals surface area (Å²) in [5, 5.41) is 2.75. The molecule has 1 unspecified atom stereocenters. The highest BCUT2D eigenvalue weighted by atomic mass is 16.5. The number of nitrogens with zero attached hydrogens (tertiary/aromatic N) is 1. The molecule has 0 spiro atoms. The molecule has 0 radical (unpaired) electrons. The first kappa shape index (κ1) is 21.8. The smallest absolute Gasteiger partial charge is 0.257 e. The number of nitrogens with one attached hydrogen (secondary N) is 1. The van der Waals surface area contributed by atoms with Crippen LogP contribution in [0.15, 0.2) is 60.9 Å². The first-order chi connectivity index (χ1) is 15.5. The summed E-state index contributed by atoms with van der Waals surface area (Å²) < 4.78 is 7.32. The Bertz CT molecular complexity index is 1170. The molecule has 1 amide bonds. The molecule has 1 aromatic heterocycles. The van der Waals surface area contributed by atoms with Crippen molar-refractivity contribution < 1.29 is 18.9 Å². The highest BCUT2D eigenvalue weighted by molar-refractivity contribution is 6.01. The lowest BCUT2D eigenvalue weighted by Crippen LogP contribution is -2.37. The van der Waals surface area contributed by atoms with Crippen LogP contribution in [0.3, 0.4) is 0 Å². The molecule has 0 aliphatic heterocycles. The minimum atomic E-state index is -0.133. The molecule has 5 heteroatoms. The highest BCUT2D eigenvalue weighted by Gasteiger charge is 2.29. The van der Waals surface area contributed by atoms with Crippen LogP contribution in [-0.2, 0) is 19.4 Å². The maximum atomic E-state index is 13.2. The van der Waals surface area contributed by atoms with Gasteiger partial charge >= 0.3 is 0 Å². The Morgan fingerprint density at radius 1 is 1.16 bits per heavy atom. The summed E-state index contributed by atoms with van der Waals surface area (Å²) in [6.45, 7) is 2.78. The fourth-order valence-electron chi connectivity index (χ4n) is 4.45. The second kappa shape index (κ2) is 9.35. The minimum absolute atomic E-state index is 0.132. The molecule has 1 aliphatic rings. The number of Topliss-reactive ketones (excluding diaryl/α,β-unsaturated/α-hetero) is 1. The van der Waals surface area contributed by atoms with Crippen LogP contribution in [-0.4, -0.2) is 25.8 Å². The Balaban J connectivity index is 1.59. The molecule has 0 bridgehead atoms. The van der Waals surface area contributed by atoms with Crippen molar-refractivity contribution in [2.45, 2.75) is 32.7 Å². The van der Waals surface area contributed by atoms with Gasteiger partial charge in [0.05, 0.1) is 7.11 Å². The van der Waals surface area contributed by atoms with Gasteiger partial charge < -0.3 is 10.1 Å². The van der Waals surface area contributed by atoms with Crippen molar-refractivity contribution in [1.29, 1.82) is 0 Å². The third-order valence-electron chi connectivity index (χ3n) is 6.37. The van der Waals surface area contributed by atoms with E-state index in [2.05, 4.69) is 24.4 Å². The van der Waals surface area contributed by atoms with Crippen molar-refractivity contribution in [1.82, 2.24) is 5.32 Å². The number of amides is 1. The summed E-state index contributed by atoms with van der Waals surface area (Å²) in [4.78, 5) is 25.8. The quantitative estimate of drug-likeness (QED) is 0.608. The first-order valence-electron chi connectivity index (χ1n) is 11.0. The number of methoxy groups -OCH3 is 1. The lowest BCUT2D eigenvalue weighted by molar-refractivity contribution is -0.688. The van der Waals surface area contributed by atoms with Gasteiger partial charge in [0.25, 0.3) is 5.91 Å². The fraction of sp³-hybridized carbons (Fsp3) is 0.296. The minimum Gasteiger partial charge on any atom is -0.497 e. The number of carbonyl (C=O) groups is 2. The van der Waals surface area contributed by atoms with Gasteiger partial charge in [0.2, 0.25) is 0 Å². The predicted molar refractivity (Wildman–Crippen MR) is 123 cm³/mol. The number of fused-ring (bicyclic) bond motifs is 1. The number of ether oxygens (including phenoxy) is 1. The van der Waals surface area contributed by atoms with Crippen molar-refractivity contribution in [3.05, 3.63) is 94.3 Å². The number of ketones is 1. The molecule has 1 atom stereocenters. The third-order valence-corrected chi connectivity index (χ3v) is 6.37. The van der Waals surface area contributed by atoms with E-state index < -0.39 is 0 Å². The molecular weight excluding hydrogens is 400 g/mol. The average Bonchev–Trinajstić information content (AvgIpc) is 2.82. The van der Waals surface area contributed by atoms with Crippen LogP contribution in [0, 0.1) is 12.8 Å². The van der Waals surface area contributed by atoms with E-state index in [1.165, 1.54) is 11.1 Å². The normalized spacial score (nSPS) is 15.2. The predicted octanol–water partition coefficient (Wildman–Crippen LogP) is 3.69. The van der Waals surface area contributed by atoms with Gasteiger partial charge in [-0.15, -0.1) is 0 Å². The van der Waals surface area contributed by atoms with Crippen LogP contribution in [0.4, 0.5) is 0 Å². The van der Waals surface area contributed by atoms with Crippen molar-refractivity contribution in [2.75, 3.05) is 14.2 Å². The second-order valence-corrected chi connectivity index (χ2v) is 8.39. The Morgan fingerprint density at radius 3 is 2.72 bits per heavy atom. The largest absolute Gasteiger partial charge is 0.497 e. The third kappa shape index (κ3) is 4.42. The molecule has 3 aromatic rings. The number of benzene rings is 2. The maximum Gasteiger partial charge on any atom is 0.257 e. The van der Waals surface area contributed by atoms with Gasteiger partial charge in [0, 0.05) is 30.2 Å². The van der Waals surface area contributed by atoms with Gasteiger partial charge in [-0.1, -0.05) is 24.3 Å². The van der Waals surface area contributed by atoms with E-state index in [1.807, 2.05) is 53.4 Å². The zero-order valence-electron chi connectivity index (χ0n) is 18.9. The van der Waals surface area contributed by atoms with Crippen LogP contribution < -0.4 is 14.6 Å². The topological polar surface area (TPSA) is 59.3 Å². The molecular formula is C27H29N2O3+. The van der Waals surface area contributed by atoms with Gasteiger partial charge in [-0.2, -0.15) is 4.57 Å². The molecule has 32 heavy (non-hydrogen) atoms. The van der Waals surface area contributed by atoms with Crippen molar-refractivity contribution in [3.63, 3.8) is 0 Å². The van der Waals surface area contributed by atoms with Crippen LogP contribution in [0.2, 0.25) is 0 Å². The summed E-state index contributed by atoms with van der Waals surface area (Å²) in [6, 6.07) is 15.9. The zero-order valence-corrected chi connectivity index (χ0v) is 18.9. The Morgan fingerprint density at radius 2 is 1.97 bits per heavy atom. The molecule has 5 nitrogen and oxygen atoms in total. The van der Waals surface area contributed by atoms with Gasteiger partial charge in [0.15, 0.2) is 24.7 Å². The molecule has 164 valence electrons. The van der Waals surface area contributed by atoms with E-state index in [0.717, 1.165) is 35.3 Å². The van der Waals surface area contributed by atoms with Crippen LogP contribution in [0.25, 0.3) is 0 Å². The van der Waals surface area contributed by atoms with E-state index in [-0.39, 0.29) is 17.6 Å². The van der Waals surface area contributed by atoms with Crippen molar-refractivity contribution >= 4 is 11.7 Å². The molecule has 1 heterocycles. The van der Waals surface area contributed by atoms with Gasteiger partial charge in [-0.05, 0) is 61.1 Å². The molecule has 4 rings (SSSR count). The maximum absolute atomic E-state index is 13.2. The number of hydrogen-bond acceptors (Lipinski definition) is 3. The van der Waals surface area contributed by atoms with Crippen LogP contribution in [0.1, 0.15) is 49.4 Å². The lowest BCUT2D eigenvalue weighted by Gasteiger charge is -2.24.